The third-order valence-electron chi connectivity index (χ3n) is 7.06. The first-order valence-electron chi connectivity index (χ1n) is 12.6. The molecule has 2 aliphatic rings. The summed E-state index contributed by atoms with van der Waals surface area (Å²) < 4.78 is 10.9. The van der Waals surface area contributed by atoms with Crippen LogP contribution in [-0.2, 0) is 4.79 Å². The van der Waals surface area contributed by atoms with Crippen molar-refractivity contribution in [3.63, 3.8) is 0 Å². The van der Waals surface area contributed by atoms with E-state index >= 15 is 0 Å². The van der Waals surface area contributed by atoms with E-state index in [9.17, 15) is 4.79 Å². The highest BCUT2D eigenvalue weighted by Gasteiger charge is 2.26. The molecule has 6 rings (SSSR count). The lowest BCUT2D eigenvalue weighted by atomic mass is 9.88. The molecule has 186 valence electrons. The molecule has 1 amide bonds. The van der Waals surface area contributed by atoms with E-state index in [1.807, 2.05) is 71.6 Å². The van der Waals surface area contributed by atoms with Crippen LogP contribution in [0.3, 0.4) is 0 Å². The second kappa shape index (κ2) is 10.3. The van der Waals surface area contributed by atoms with E-state index < -0.39 is 0 Å². The molecule has 1 fully saturated rings. The van der Waals surface area contributed by atoms with Crippen LogP contribution in [0.5, 0.6) is 11.5 Å². The molecule has 4 aromatic rings. The highest BCUT2D eigenvalue weighted by Crippen LogP contribution is 2.35. The van der Waals surface area contributed by atoms with Gasteiger partial charge in [0.05, 0.1) is 5.69 Å². The summed E-state index contributed by atoms with van der Waals surface area (Å²) in [4.78, 5) is 17.5. The Labute approximate surface area is 216 Å². The third kappa shape index (κ3) is 4.98. The minimum absolute atomic E-state index is 0.0440. The Morgan fingerprint density at radius 3 is 2.08 bits per heavy atom. The maximum atomic E-state index is 13.3. The summed E-state index contributed by atoms with van der Waals surface area (Å²) in [5, 5.41) is 8.91. The molecule has 0 bridgehead atoms. The summed E-state index contributed by atoms with van der Waals surface area (Å²) in [5.74, 6) is 2.53. The van der Waals surface area contributed by atoms with Gasteiger partial charge in [0.15, 0.2) is 17.3 Å². The molecule has 0 atom stereocenters. The number of fused-ring (bicyclic) bond motifs is 1. The summed E-state index contributed by atoms with van der Waals surface area (Å²) in [6.07, 6.45) is 0.456. The number of piperazine rings is 1. The number of nitrogens with zero attached hydrogens (tertiary/aromatic N) is 4. The maximum absolute atomic E-state index is 13.3. The van der Waals surface area contributed by atoms with Crippen molar-refractivity contribution in [2.45, 2.75) is 12.3 Å². The molecule has 0 aliphatic carbocycles. The van der Waals surface area contributed by atoms with Gasteiger partial charge in [-0.15, -0.1) is 10.2 Å². The summed E-state index contributed by atoms with van der Waals surface area (Å²) >= 11 is 0. The van der Waals surface area contributed by atoms with E-state index in [1.54, 1.807) is 0 Å². The zero-order valence-corrected chi connectivity index (χ0v) is 20.5. The fraction of sp³-hybridized carbons (Fsp3) is 0.233. The van der Waals surface area contributed by atoms with Crippen LogP contribution in [0.25, 0.3) is 11.3 Å². The second-order valence-electron chi connectivity index (χ2n) is 9.29. The number of aromatic nitrogens is 2. The molecule has 1 saturated heterocycles. The number of hydrogen-bond donors (Lipinski definition) is 0. The Hall–Kier alpha value is -4.39. The first-order chi connectivity index (χ1) is 18.2. The summed E-state index contributed by atoms with van der Waals surface area (Å²) in [6.45, 7) is 3.04. The summed E-state index contributed by atoms with van der Waals surface area (Å²) in [7, 11) is 0. The van der Waals surface area contributed by atoms with E-state index in [1.165, 1.54) is 11.1 Å². The molecule has 0 saturated carbocycles. The number of amides is 1. The highest BCUT2D eigenvalue weighted by molar-refractivity contribution is 5.78. The minimum Gasteiger partial charge on any atom is -0.454 e. The monoisotopic (exact) mass is 492 g/mol. The Bertz CT molecular complexity index is 1320. The molecule has 1 aromatic heterocycles. The summed E-state index contributed by atoms with van der Waals surface area (Å²) in [6, 6.07) is 30.3. The van der Waals surface area contributed by atoms with Crippen molar-refractivity contribution in [3.8, 4) is 22.8 Å². The van der Waals surface area contributed by atoms with Crippen molar-refractivity contribution in [1.29, 1.82) is 0 Å². The van der Waals surface area contributed by atoms with Gasteiger partial charge in [-0.3, -0.25) is 4.79 Å². The lowest BCUT2D eigenvalue weighted by molar-refractivity contribution is -0.131. The average molecular weight is 493 g/mol. The predicted octanol–water partition coefficient (Wildman–Crippen LogP) is 4.74. The van der Waals surface area contributed by atoms with E-state index in [0.717, 1.165) is 41.7 Å². The number of ether oxygens (including phenoxy) is 2. The van der Waals surface area contributed by atoms with Crippen LogP contribution >= 0.6 is 0 Å². The molecule has 2 aliphatic heterocycles. The smallest absolute Gasteiger partial charge is 0.231 e. The maximum Gasteiger partial charge on any atom is 0.231 e. The zero-order valence-electron chi connectivity index (χ0n) is 20.5. The predicted molar refractivity (Wildman–Crippen MR) is 142 cm³/mol. The fourth-order valence-electron chi connectivity index (χ4n) is 4.99. The molecule has 0 spiro atoms. The van der Waals surface area contributed by atoms with Crippen LogP contribution < -0.4 is 14.4 Å². The zero-order chi connectivity index (χ0) is 25.0. The van der Waals surface area contributed by atoms with Crippen LogP contribution in [0, 0.1) is 0 Å². The van der Waals surface area contributed by atoms with Crippen molar-refractivity contribution in [2.24, 2.45) is 0 Å². The van der Waals surface area contributed by atoms with Gasteiger partial charge >= 0.3 is 0 Å². The molecule has 0 unspecified atom stereocenters. The van der Waals surface area contributed by atoms with Crippen molar-refractivity contribution in [1.82, 2.24) is 15.1 Å². The van der Waals surface area contributed by atoms with E-state index in [4.69, 9.17) is 9.47 Å². The number of carbonyl (C=O) groups is 1. The molecule has 3 heterocycles. The van der Waals surface area contributed by atoms with Crippen molar-refractivity contribution in [2.75, 3.05) is 37.9 Å². The SMILES string of the molecule is O=C(CC(c1ccccc1)c1ccccc1)N1CCN(c2ccc(-c3ccc4c(c3)OCO4)nn2)CC1. The van der Waals surface area contributed by atoms with Crippen molar-refractivity contribution in [3.05, 3.63) is 102 Å². The molecular weight excluding hydrogens is 464 g/mol. The number of hydrogen-bond acceptors (Lipinski definition) is 6. The molecule has 7 heteroatoms. The number of carbonyl (C=O) groups excluding carboxylic acids is 1. The Balaban J connectivity index is 1.09. The molecule has 3 aromatic carbocycles. The first-order valence-corrected chi connectivity index (χ1v) is 12.6. The Morgan fingerprint density at radius 2 is 1.43 bits per heavy atom. The Morgan fingerprint density at radius 1 is 0.757 bits per heavy atom. The van der Waals surface area contributed by atoms with Gasteiger partial charge in [0.2, 0.25) is 12.7 Å². The molecule has 0 N–H and O–H groups in total. The van der Waals surface area contributed by atoms with Crippen LogP contribution in [0.2, 0.25) is 0 Å². The lowest BCUT2D eigenvalue weighted by Gasteiger charge is -2.36. The van der Waals surface area contributed by atoms with E-state index in [0.29, 0.717) is 19.5 Å². The van der Waals surface area contributed by atoms with Crippen LogP contribution in [-0.4, -0.2) is 54.0 Å². The number of rotatable bonds is 6. The van der Waals surface area contributed by atoms with Gasteiger partial charge in [-0.2, -0.15) is 0 Å². The van der Waals surface area contributed by atoms with Crippen molar-refractivity contribution >= 4 is 11.7 Å². The van der Waals surface area contributed by atoms with Gasteiger partial charge < -0.3 is 19.3 Å². The third-order valence-corrected chi connectivity index (χ3v) is 7.06. The molecule has 0 radical (unpaired) electrons. The van der Waals surface area contributed by atoms with Crippen LogP contribution in [0.1, 0.15) is 23.5 Å². The average Bonchev–Trinajstić information content (AvgIpc) is 3.45. The molecule has 7 nitrogen and oxygen atoms in total. The van der Waals surface area contributed by atoms with Gasteiger partial charge in [0.25, 0.3) is 0 Å². The largest absolute Gasteiger partial charge is 0.454 e. The first kappa shape index (κ1) is 23.0. The molecular formula is C30H28N4O3. The standard InChI is InChI=1S/C30H28N4O3/c35-30(20-25(22-7-3-1-4-8-22)23-9-5-2-6-10-23)34-17-15-33(16-18-34)29-14-12-26(31-32-29)24-11-13-27-28(19-24)37-21-36-27/h1-14,19,25H,15-18,20-21H2. The second-order valence-corrected chi connectivity index (χ2v) is 9.29. The summed E-state index contributed by atoms with van der Waals surface area (Å²) in [5.41, 5.74) is 4.05. The normalized spacial score (nSPS) is 14.7. The molecule has 37 heavy (non-hydrogen) atoms. The van der Waals surface area contributed by atoms with Gasteiger partial charge in [-0.05, 0) is 41.5 Å². The van der Waals surface area contributed by atoms with Gasteiger partial charge in [-0.25, -0.2) is 0 Å². The van der Waals surface area contributed by atoms with Gasteiger partial charge in [-0.1, -0.05) is 60.7 Å². The van der Waals surface area contributed by atoms with Gasteiger partial charge in [0.1, 0.15) is 0 Å². The Kier molecular flexibility index (Phi) is 6.42. The van der Waals surface area contributed by atoms with Crippen molar-refractivity contribution < 1.29 is 14.3 Å². The van der Waals surface area contributed by atoms with E-state index in [-0.39, 0.29) is 18.6 Å². The topological polar surface area (TPSA) is 67.8 Å². The van der Waals surface area contributed by atoms with Gasteiger partial charge in [0, 0.05) is 44.1 Å². The number of benzene rings is 3. The highest BCUT2D eigenvalue weighted by atomic mass is 16.7. The van der Waals surface area contributed by atoms with Crippen LogP contribution in [0.15, 0.2) is 91.0 Å². The van der Waals surface area contributed by atoms with Crippen LogP contribution in [0.4, 0.5) is 5.82 Å². The lowest BCUT2D eigenvalue weighted by Crippen LogP contribution is -2.49. The number of anilines is 1. The van der Waals surface area contributed by atoms with E-state index in [2.05, 4.69) is 39.4 Å². The quantitative estimate of drug-likeness (QED) is 0.387. The minimum atomic E-state index is 0.0440. The fourth-order valence-corrected chi connectivity index (χ4v) is 4.99.